The highest BCUT2D eigenvalue weighted by Crippen LogP contribution is 2.19. The Labute approximate surface area is 169 Å². The Balaban J connectivity index is 0. The standard InChI is InChI=1S/C19H44NO3Si.BrH/c1-7-11-12-13-14-15-17-20(5,6)18-16-19-24(21-8-2,22-9-3)23-10-4;/h7-19H2,1-6H3;1H/q+1;/p-1. The van der Waals surface area contributed by atoms with Crippen molar-refractivity contribution in [2.75, 3.05) is 47.0 Å². The Morgan fingerprint density at radius 2 is 1.08 bits per heavy atom. The molecule has 0 aromatic heterocycles. The van der Waals surface area contributed by atoms with Crippen LogP contribution in [0.25, 0.3) is 0 Å². The molecule has 0 aromatic rings. The molecular formula is C19H44BrNO3Si. The lowest BCUT2D eigenvalue weighted by Gasteiger charge is -2.32. The van der Waals surface area contributed by atoms with Crippen molar-refractivity contribution in [2.24, 2.45) is 0 Å². The number of hydrogen-bond donors (Lipinski definition) is 0. The summed E-state index contributed by atoms with van der Waals surface area (Å²) in [6.07, 6.45) is 9.32. The summed E-state index contributed by atoms with van der Waals surface area (Å²) in [6.45, 7) is 12.8. The van der Waals surface area contributed by atoms with Crippen molar-refractivity contribution in [3.8, 4) is 0 Å². The van der Waals surface area contributed by atoms with Crippen molar-refractivity contribution in [3.63, 3.8) is 0 Å². The minimum atomic E-state index is -2.46. The molecular weight excluding hydrogens is 398 g/mol. The third-order valence-electron chi connectivity index (χ3n) is 4.46. The zero-order valence-corrected chi connectivity index (χ0v) is 20.3. The maximum Gasteiger partial charge on any atom is 0.501 e. The molecule has 0 saturated heterocycles. The fourth-order valence-corrected chi connectivity index (χ4v) is 5.75. The predicted molar refractivity (Wildman–Crippen MR) is 105 cm³/mol. The summed E-state index contributed by atoms with van der Waals surface area (Å²) in [5.74, 6) is 0. The summed E-state index contributed by atoms with van der Waals surface area (Å²) >= 11 is 0. The van der Waals surface area contributed by atoms with Crippen LogP contribution in [0.5, 0.6) is 0 Å². The van der Waals surface area contributed by atoms with Crippen LogP contribution < -0.4 is 17.0 Å². The third kappa shape index (κ3) is 14.3. The topological polar surface area (TPSA) is 27.7 Å². The zero-order chi connectivity index (χ0) is 18.3. The van der Waals surface area contributed by atoms with E-state index in [4.69, 9.17) is 13.3 Å². The Morgan fingerprint density at radius 3 is 1.56 bits per heavy atom. The van der Waals surface area contributed by atoms with Gasteiger partial charge in [-0.05, 0) is 33.6 Å². The van der Waals surface area contributed by atoms with E-state index in [0.29, 0.717) is 19.8 Å². The van der Waals surface area contributed by atoms with Crippen LogP contribution in [0.3, 0.4) is 0 Å². The molecule has 0 spiro atoms. The number of unbranched alkanes of at least 4 members (excludes halogenated alkanes) is 5. The van der Waals surface area contributed by atoms with Crippen molar-refractivity contribution in [1.82, 2.24) is 0 Å². The van der Waals surface area contributed by atoms with Crippen molar-refractivity contribution in [1.29, 1.82) is 0 Å². The number of quaternary nitrogens is 1. The summed E-state index contributed by atoms with van der Waals surface area (Å²) in [6, 6.07) is 0.931. The van der Waals surface area contributed by atoms with E-state index in [1.807, 2.05) is 20.8 Å². The van der Waals surface area contributed by atoms with Crippen LogP contribution in [0.15, 0.2) is 0 Å². The molecule has 4 nitrogen and oxygen atoms in total. The molecule has 0 aliphatic heterocycles. The molecule has 0 saturated carbocycles. The fraction of sp³-hybridized carbons (Fsp3) is 1.00. The van der Waals surface area contributed by atoms with E-state index < -0.39 is 8.80 Å². The maximum absolute atomic E-state index is 5.95. The van der Waals surface area contributed by atoms with Crippen LogP contribution in [0.2, 0.25) is 6.04 Å². The van der Waals surface area contributed by atoms with Crippen LogP contribution >= 0.6 is 0 Å². The summed E-state index contributed by atoms with van der Waals surface area (Å²) in [5, 5.41) is 0. The number of hydrogen-bond acceptors (Lipinski definition) is 3. The summed E-state index contributed by atoms with van der Waals surface area (Å²) in [4.78, 5) is 0. The minimum Gasteiger partial charge on any atom is -1.00 e. The van der Waals surface area contributed by atoms with Gasteiger partial charge in [0, 0.05) is 32.3 Å². The third-order valence-corrected chi connectivity index (χ3v) is 7.61. The van der Waals surface area contributed by atoms with Gasteiger partial charge < -0.3 is 34.7 Å². The van der Waals surface area contributed by atoms with Gasteiger partial charge in [0.15, 0.2) is 0 Å². The summed E-state index contributed by atoms with van der Waals surface area (Å²) < 4.78 is 18.9. The molecule has 0 atom stereocenters. The maximum atomic E-state index is 5.95. The van der Waals surface area contributed by atoms with E-state index in [-0.39, 0.29) is 17.0 Å². The van der Waals surface area contributed by atoms with Crippen LogP contribution in [0.4, 0.5) is 0 Å². The normalized spacial score (nSPS) is 12.2. The van der Waals surface area contributed by atoms with Gasteiger partial charge in [0.25, 0.3) is 0 Å². The highest BCUT2D eigenvalue weighted by Gasteiger charge is 2.40. The van der Waals surface area contributed by atoms with Gasteiger partial charge in [-0.2, -0.15) is 0 Å². The highest BCUT2D eigenvalue weighted by molar-refractivity contribution is 6.60. The molecule has 25 heavy (non-hydrogen) atoms. The molecule has 0 aromatic carbocycles. The van der Waals surface area contributed by atoms with E-state index in [1.165, 1.54) is 45.1 Å². The van der Waals surface area contributed by atoms with Gasteiger partial charge >= 0.3 is 8.80 Å². The van der Waals surface area contributed by atoms with Crippen LogP contribution in [0, 0.1) is 0 Å². The second-order valence-electron chi connectivity index (χ2n) is 7.24. The molecule has 0 fully saturated rings. The van der Waals surface area contributed by atoms with Gasteiger partial charge in [-0.1, -0.05) is 32.6 Å². The SMILES string of the molecule is CCCCCCCC[N+](C)(C)CCC[Si](OCC)(OCC)OCC.[Br-]. The average molecular weight is 443 g/mol. The van der Waals surface area contributed by atoms with Gasteiger partial charge in [0.1, 0.15) is 0 Å². The largest absolute Gasteiger partial charge is 1.00 e. The molecule has 0 unspecified atom stereocenters. The molecule has 0 bridgehead atoms. The van der Waals surface area contributed by atoms with Crippen LogP contribution in [-0.4, -0.2) is 60.3 Å². The summed E-state index contributed by atoms with van der Waals surface area (Å²) in [7, 11) is 2.23. The molecule has 6 heteroatoms. The first kappa shape index (κ1) is 27.8. The minimum absolute atomic E-state index is 0. The quantitative estimate of drug-likeness (QED) is 0.196. The summed E-state index contributed by atoms with van der Waals surface area (Å²) in [5.41, 5.74) is 0. The van der Waals surface area contributed by atoms with Crippen molar-refractivity contribution in [3.05, 3.63) is 0 Å². The number of nitrogens with zero attached hydrogens (tertiary/aromatic N) is 1. The number of halogens is 1. The van der Waals surface area contributed by atoms with Crippen molar-refractivity contribution < 1.29 is 34.7 Å². The molecule has 0 amide bonds. The Bertz CT molecular complexity index is 277. The van der Waals surface area contributed by atoms with Gasteiger partial charge in [-0.25, -0.2) is 0 Å². The number of rotatable bonds is 17. The van der Waals surface area contributed by atoms with E-state index in [1.54, 1.807) is 0 Å². The van der Waals surface area contributed by atoms with Gasteiger partial charge in [0.2, 0.25) is 0 Å². The molecule has 0 rings (SSSR count). The molecule has 154 valence electrons. The molecule has 0 N–H and O–H groups in total. The van der Waals surface area contributed by atoms with Crippen molar-refractivity contribution >= 4 is 8.80 Å². The first-order valence-corrected chi connectivity index (χ1v) is 12.1. The second kappa shape index (κ2) is 16.7. The smallest absolute Gasteiger partial charge is 0.501 e. The lowest BCUT2D eigenvalue weighted by Crippen LogP contribution is -3.00. The van der Waals surface area contributed by atoms with E-state index in [9.17, 15) is 0 Å². The second-order valence-corrected chi connectivity index (χ2v) is 9.97. The molecule has 0 aliphatic rings. The van der Waals surface area contributed by atoms with Crippen LogP contribution in [0.1, 0.15) is 72.6 Å². The first-order chi connectivity index (χ1) is 11.4. The zero-order valence-electron chi connectivity index (χ0n) is 17.7. The first-order valence-electron chi connectivity index (χ1n) is 10.2. The van der Waals surface area contributed by atoms with E-state index >= 15 is 0 Å². The van der Waals surface area contributed by atoms with Crippen molar-refractivity contribution in [2.45, 2.75) is 78.7 Å². The Morgan fingerprint density at radius 1 is 0.640 bits per heavy atom. The van der Waals surface area contributed by atoms with Gasteiger partial charge in [-0.3, -0.25) is 0 Å². The molecule has 0 radical (unpaired) electrons. The Kier molecular flexibility index (Phi) is 18.5. The van der Waals surface area contributed by atoms with Gasteiger partial charge in [0.05, 0.1) is 27.2 Å². The lowest BCUT2D eigenvalue weighted by molar-refractivity contribution is -0.890. The molecule has 0 heterocycles. The van der Waals surface area contributed by atoms with Crippen LogP contribution in [-0.2, 0) is 13.3 Å². The fourth-order valence-electron chi connectivity index (χ4n) is 3.16. The Hall–Kier alpha value is 0.537. The average Bonchev–Trinajstić information content (AvgIpc) is 2.51. The predicted octanol–water partition coefficient (Wildman–Crippen LogP) is 1.87. The monoisotopic (exact) mass is 441 g/mol. The van der Waals surface area contributed by atoms with Gasteiger partial charge in [-0.15, -0.1) is 0 Å². The van der Waals surface area contributed by atoms with E-state index in [0.717, 1.165) is 23.5 Å². The molecule has 0 aliphatic carbocycles. The lowest BCUT2D eigenvalue weighted by atomic mass is 10.1. The van der Waals surface area contributed by atoms with E-state index in [2.05, 4.69) is 21.0 Å². The highest BCUT2D eigenvalue weighted by atomic mass is 79.9.